The van der Waals surface area contributed by atoms with E-state index in [4.69, 9.17) is 15.2 Å². The summed E-state index contributed by atoms with van der Waals surface area (Å²) in [6.07, 6.45) is 15.4. The number of aliphatic hydroxyl groups excluding tert-OH is 1. The van der Waals surface area contributed by atoms with E-state index in [0.717, 1.165) is 38.2 Å². The second-order valence-electron chi connectivity index (χ2n) is 8.25. The van der Waals surface area contributed by atoms with Crippen LogP contribution < -0.4 is 5.73 Å². The van der Waals surface area contributed by atoms with E-state index in [-0.39, 0.29) is 6.61 Å². The minimum Gasteiger partial charge on any atom is -0.456 e. The summed E-state index contributed by atoms with van der Waals surface area (Å²) in [5.41, 5.74) is 4.26. The van der Waals surface area contributed by atoms with Crippen LogP contribution in [0, 0.1) is 0 Å². The fraction of sp³-hybridized carbons (Fsp3) is 0.760. The van der Waals surface area contributed by atoms with Crippen molar-refractivity contribution in [2.75, 3.05) is 6.61 Å². The number of hydrogen-bond acceptors (Lipinski definition) is 5. The van der Waals surface area contributed by atoms with Gasteiger partial charge in [0.2, 0.25) is 0 Å². The van der Waals surface area contributed by atoms with Crippen LogP contribution in [0.25, 0.3) is 0 Å². The van der Waals surface area contributed by atoms with Gasteiger partial charge in [0.05, 0.1) is 12.7 Å². The predicted molar refractivity (Wildman–Crippen MR) is 126 cm³/mol. The van der Waals surface area contributed by atoms with Gasteiger partial charge in [-0.2, -0.15) is 0 Å². The van der Waals surface area contributed by atoms with Crippen LogP contribution in [0.1, 0.15) is 97.8 Å². The Hall–Kier alpha value is -1.66. The molecule has 0 fully saturated rings. The predicted octanol–water partition coefficient (Wildman–Crippen LogP) is 4.98. The highest BCUT2D eigenvalue weighted by Gasteiger charge is 2.47. The maximum absolute atomic E-state index is 12.4. The van der Waals surface area contributed by atoms with Crippen LogP contribution in [0.2, 0.25) is 0 Å². The molecule has 0 aromatic rings. The lowest BCUT2D eigenvalue weighted by molar-refractivity contribution is -0.185. The van der Waals surface area contributed by atoms with Crippen LogP contribution in [-0.4, -0.2) is 41.4 Å². The number of primary amides is 1. The van der Waals surface area contributed by atoms with E-state index in [9.17, 15) is 14.7 Å². The molecule has 3 unspecified atom stereocenters. The maximum atomic E-state index is 12.4. The Morgan fingerprint density at radius 1 is 1.03 bits per heavy atom. The molecular formula is C25H45NO5. The standard InChI is InChI=1S/C25H45NO5/c1-5-8-9-10-11-12-13-14-15-16-17-18-22(31-23(28)7-3)25(19-6-2,24(26)29)30-20-21(4)27/h7,12-13,21-22,27H,3,5-6,8-11,14-20H2,1-2,4H3,(H2,26,29)/b13-12-. The number of allylic oxidation sites excluding steroid dienone is 2. The lowest BCUT2D eigenvalue weighted by Gasteiger charge is -2.37. The van der Waals surface area contributed by atoms with Crippen molar-refractivity contribution < 1.29 is 24.2 Å². The fourth-order valence-corrected chi connectivity index (χ4v) is 3.59. The molecule has 0 aliphatic carbocycles. The lowest BCUT2D eigenvalue weighted by atomic mass is 9.86. The molecule has 0 aliphatic rings. The van der Waals surface area contributed by atoms with Gasteiger partial charge in [-0.25, -0.2) is 4.79 Å². The average Bonchev–Trinajstić information content (AvgIpc) is 2.73. The first-order valence-corrected chi connectivity index (χ1v) is 11.9. The lowest BCUT2D eigenvalue weighted by Crippen LogP contribution is -2.57. The number of carbonyl (C=O) groups excluding carboxylic acids is 2. The van der Waals surface area contributed by atoms with Gasteiger partial charge in [0.1, 0.15) is 6.10 Å². The number of unbranched alkanes of at least 4 members (excludes halogenated alkanes) is 7. The zero-order chi connectivity index (χ0) is 23.5. The van der Waals surface area contributed by atoms with Crippen LogP contribution in [0.5, 0.6) is 0 Å². The molecule has 3 N–H and O–H groups in total. The minimum absolute atomic E-state index is 0.0614. The molecule has 6 nitrogen and oxygen atoms in total. The van der Waals surface area contributed by atoms with E-state index < -0.39 is 29.7 Å². The number of amides is 1. The third kappa shape index (κ3) is 12.7. The van der Waals surface area contributed by atoms with Gasteiger partial charge >= 0.3 is 5.97 Å². The Bertz CT molecular complexity index is 532. The molecule has 31 heavy (non-hydrogen) atoms. The van der Waals surface area contributed by atoms with Gasteiger partial charge in [0.15, 0.2) is 5.60 Å². The van der Waals surface area contributed by atoms with Crippen LogP contribution in [0.3, 0.4) is 0 Å². The molecule has 0 saturated heterocycles. The first kappa shape index (κ1) is 29.3. The molecular weight excluding hydrogens is 394 g/mol. The zero-order valence-electron chi connectivity index (χ0n) is 19.9. The molecule has 0 aromatic carbocycles. The van der Waals surface area contributed by atoms with E-state index in [0.29, 0.717) is 19.3 Å². The van der Waals surface area contributed by atoms with Crippen molar-refractivity contribution in [1.82, 2.24) is 0 Å². The summed E-state index contributed by atoms with van der Waals surface area (Å²) >= 11 is 0. The topological polar surface area (TPSA) is 98.8 Å². The highest BCUT2D eigenvalue weighted by atomic mass is 16.6. The molecule has 0 rings (SSSR count). The van der Waals surface area contributed by atoms with E-state index in [1.165, 1.54) is 25.7 Å². The number of rotatable bonds is 20. The summed E-state index contributed by atoms with van der Waals surface area (Å²) in [7, 11) is 0. The number of ether oxygens (including phenoxy) is 2. The minimum atomic E-state index is -1.46. The third-order valence-electron chi connectivity index (χ3n) is 5.29. The number of esters is 1. The largest absolute Gasteiger partial charge is 0.456 e. The molecule has 6 heteroatoms. The SMILES string of the molecule is C=CC(=O)OC(CCCCC/C=C\CCCCCC)C(CCC)(OCC(C)O)C(N)=O. The van der Waals surface area contributed by atoms with Gasteiger partial charge in [0, 0.05) is 6.08 Å². The summed E-state index contributed by atoms with van der Waals surface area (Å²) < 4.78 is 11.3. The Kier molecular flexibility index (Phi) is 17.0. The quantitative estimate of drug-likeness (QED) is 0.121. The normalized spacial score (nSPS) is 15.4. The van der Waals surface area contributed by atoms with E-state index in [1.54, 1.807) is 6.92 Å². The molecule has 3 atom stereocenters. The van der Waals surface area contributed by atoms with Crippen molar-refractivity contribution in [3.63, 3.8) is 0 Å². The molecule has 0 saturated carbocycles. The second kappa shape index (κ2) is 18.0. The summed E-state index contributed by atoms with van der Waals surface area (Å²) in [4.78, 5) is 24.4. The Balaban J connectivity index is 4.84. The summed E-state index contributed by atoms with van der Waals surface area (Å²) in [6.45, 7) is 9.07. The molecule has 0 bridgehead atoms. The van der Waals surface area contributed by atoms with Gasteiger partial charge in [-0.1, -0.05) is 64.7 Å². The summed E-state index contributed by atoms with van der Waals surface area (Å²) in [5.74, 6) is -1.29. The monoisotopic (exact) mass is 439 g/mol. The summed E-state index contributed by atoms with van der Waals surface area (Å²) in [5, 5.41) is 9.65. The third-order valence-corrected chi connectivity index (χ3v) is 5.29. The molecule has 0 heterocycles. The number of nitrogens with two attached hydrogens (primary N) is 1. The number of carbonyl (C=O) groups is 2. The van der Waals surface area contributed by atoms with Gasteiger partial charge in [-0.05, 0) is 51.9 Å². The van der Waals surface area contributed by atoms with Crippen molar-refractivity contribution in [3.8, 4) is 0 Å². The Labute approximate surface area is 189 Å². The molecule has 0 spiro atoms. The van der Waals surface area contributed by atoms with Crippen LogP contribution in [-0.2, 0) is 19.1 Å². The van der Waals surface area contributed by atoms with Crippen molar-refractivity contribution in [3.05, 3.63) is 24.8 Å². The molecule has 180 valence electrons. The van der Waals surface area contributed by atoms with E-state index >= 15 is 0 Å². The average molecular weight is 440 g/mol. The van der Waals surface area contributed by atoms with Gasteiger partial charge in [-0.15, -0.1) is 0 Å². The summed E-state index contributed by atoms with van der Waals surface area (Å²) in [6, 6.07) is 0. The van der Waals surface area contributed by atoms with Crippen molar-refractivity contribution >= 4 is 11.9 Å². The van der Waals surface area contributed by atoms with Crippen molar-refractivity contribution in [2.24, 2.45) is 5.73 Å². The molecule has 1 amide bonds. The Morgan fingerprint density at radius 3 is 2.13 bits per heavy atom. The number of hydrogen-bond donors (Lipinski definition) is 2. The smallest absolute Gasteiger partial charge is 0.330 e. The van der Waals surface area contributed by atoms with Gasteiger partial charge in [-0.3, -0.25) is 4.79 Å². The molecule has 0 aliphatic heterocycles. The van der Waals surface area contributed by atoms with Crippen LogP contribution in [0.15, 0.2) is 24.8 Å². The fourth-order valence-electron chi connectivity index (χ4n) is 3.59. The molecule has 0 aromatic heterocycles. The highest BCUT2D eigenvalue weighted by molar-refractivity contribution is 5.86. The second-order valence-corrected chi connectivity index (χ2v) is 8.25. The number of aliphatic hydroxyl groups is 1. The first-order valence-electron chi connectivity index (χ1n) is 11.9. The maximum Gasteiger partial charge on any atom is 0.330 e. The zero-order valence-corrected chi connectivity index (χ0v) is 19.9. The van der Waals surface area contributed by atoms with Crippen LogP contribution >= 0.6 is 0 Å². The van der Waals surface area contributed by atoms with Crippen LogP contribution in [0.4, 0.5) is 0 Å². The van der Waals surface area contributed by atoms with E-state index in [2.05, 4.69) is 25.7 Å². The highest BCUT2D eigenvalue weighted by Crippen LogP contribution is 2.30. The van der Waals surface area contributed by atoms with Crippen molar-refractivity contribution in [2.45, 2.75) is 116 Å². The Morgan fingerprint density at radius 2 is 1.65 bits per heavy atom. The van der Waals surface area contributed by atoms with E-state index in [1.807, 2.05) is 6.92 Å². The molecule has 0 radical (unpaired) electrons. The van der Waals surface area contributed by atoms with Crippen molar-refractivity contribution in [1.29, 1.82) is 0 Å². The van der Waals surface area contributed by atoms with Gasteiger partial charge < -0.3 is 20.3 Å². The van der Waals surface area contributed by atoms with Gasteiger partial charge in [0.25, 0.3) is 5.91 Å². The first-order chi connectivity index (χ1) is 14.8.